The van der Waals surface area contributed by atoms with Crippen molar-refractivity contribution in [1.82, 2.24) is 5.32 Å². The Labute approximate surface area is 121 Å². The first-order valence-corrected chi connectivity index (χ1v) is 7.56. The Bertz CT molecular complexity index is 426. The zero-order chi connectivity index (χ0) is 14.4. The molecule has 1 aromatic carbocycles. The minimum atomic E-state index is 0.173. The van der Waals surface area contributed by atoms with Crippen LogP contribution in [-0.2, 0) is 11.3 Å². The molecule has 4 heteroatoms. The van der Waals surface area contributed by atoms with Crippen molar-refractivity contribution in [2.45, 2.75) is 45.2 Å². The number of hydrogen-bond donors (Lipinski definition) is 2. The Kier molecular flexibility index (Phi) is 5.41. The Morgan fingerprint density at radius 2 is 2.00 bits per heavy atom. The van der Waals surface area contributed by atoms with Crippen molar-refractivity contribution in [1.29, 1.82) is 0 Å². The molecule has 1 aromatic rings. The van der Waals surface area contributed by atoms with Crippen molar-refractivity contribution < 1.29 is 4.79 Å². The van der Waals surface area contributed by atoms with E-state index in [0.717, 1.165) is 37.9 Å². The van der Waals surface area contributed by atoms with Crippen LogP contribution in [-0.4, -0.2) is 25.0 Å². The molecule has 1 aliphatic carbocycles. The average Bonchev–Trinajstić information content (AvgIpc) is 3.27. The van der Waals surface area contributed by atoms with Crippen molar-refractivity contribution in [3.8, 4) is 0 Å². The lowest BCUT2D eigenvalue weighted by atomic mass is 10.2. The number of nitrogens with one attached hydrogen (secondary N) is 1. The molecule has 0 heterocycles. The summed E-state index contributed by atoms with van der Waals surface area (Å²) in [4.78, 5) is 14.1. The van der Waals surface area contributed by atoms with Crippen LogP contribution in [0.15, 0.2) is 24.3 Å². The maximum atomic E-state index is 11.8. The molecule has 1 aliphatic rings. The molecule has 4 nitrogen and oxygen atoms in total. The lowest BCUT2D eigenvalue weighted by Gasteiger charge is -2.24. The number of anilines is 1. The van der Waals surface area contributed by atoms with Crippen molar-refractivity contribution >= 4 is 11.6 Å². The summed E-state index contributed by atoms with van der Waals surface area (Å²) in [6, 6.07) is 8.75. The Morgan fingerprint density at radius 1 is 1.30 bits per heavy atom. The molecule has 0 saturated heterocycles. The zero-order valence-corrected chi connectivity index (χ0v) is 12.3. The molecular formula is C16H25N3O. The lowest BCUT2D eigenvalue weighted by molar-refractivity contribution is -0.121. The topological polar surface area (TPSA) is 58.4 Å². The van der Waals surface area contributed by atoms with E-state index in [-0.39, 0.29) is 5.91 Å². The van der Waals surface area contributed by atoms with Crippen LogP contribution in [0, 0.1) is 0 Å². The van der Waals surface area contributed by atoms with Crippen LogP contribution in [0.4, 0.5) is 5.69 Å². The number of benzene rings is 1. The number of nitrogens with zero attached hydrogens (tertiary/aromatic N) is 1. The summed E-state index contributed by atoms with van der Waals surface area (Å²) in [7, 11) is 0. The molecule has 0 spiro atoms. The van der Waals surface area contributed by atoms with Gasteiger partial charge in [-0.15, -0.1) is 0 Å². The normalized spacial score (nSPS) is 14.1. The molecule has 110 valence electrons. The lowest BCUT2D eigenvalue weighted by Crippen LogP contribution is -2.32. The minimum Gasteiger partial charge on any atom is -0.371 e. The molecular weight excluding hydrogens is 250 g/mol. The van der Waals surface area contributed by atoms with Crippen LogP contribution in [0.5, 0.6) is 0 Å². The van der Waals surface area contributed by atoms with Gasteiger partial charge >= 0.3 is 0 Å². The highest BCUT2D eigenvalue weighted by molar-refractivity contribution is 5.77. The first-order chi connectivity index (χ1) is 9.72. The molecule has 3 N–H and O–H groups in total. The van der Waals surface area contributed by atoms with Gasteiger partial charge in [0.15, 0.2) is 0 Å². The Morgan fingerprint density at radius 3 is 2.55 bits per heavy atom. The third kappa shape index (κ3) is 4.53. The summed E-state index contributed by atoms with van der Waals surface area (Å²) in [5, 5.41) is 3.04. The van der Waals surface area contributed by atoms with Crippen LogP contribution < -0.4 is 16.0 Å². The molecule has 1 saturated carbocycles. The van der Waals surface area contributed by atoms with E-state index < -0.39 is 0 Å². The van der Waals surface area contributed by atoms with Gasteiger partial charge in [0.2, 0.25) is 5.91 Å². The number of carbonyl (C=O) groups excluding carboxylic acids is 1. The van der Waals surface area contributed by atoms with Crippen molar-refractivity contribution in [2.75, 3.05) is 18.0 Å². The van der Waals surface area contributed by atoms with Crippen LogP contribution in [0.1, 0.15) is 38.2 Å². The van der Waals surface area contributed by atoms with Crippen LogP contribution in [0.3, 0.4) is 0 Å². The number of amides is 1. The molecule has 20 heavy (non-hydrogen) atoms. The summed E-state index contributed by atoms with van der Waals surface area (Å²) in [6.07, 6.45) is 3.92. The molecule has 0 bridgehead atoms. The van der Waals surface area contributed by atoms with Crippen LogP contribution in [0.2, 0.25) is 0 Å². The third-order valence-corrected chi connectivity index (χ3v) is 3.58. The fourth-order valence-electron chi connectivity index (χ4n) is 2.25. The highest BCUT2D eigenvalue weighted by atomic mass is 16.1. The van der Waals surface area contributed by atoms with Gasteiger partial charge in [0.25, 0.3) is 0 Å². The molecule has 0 unspecified atom stereocenters. The number of rotatable bonds is 8. The van der Waals surface area contributed by atoms with Gasteiger partial charge < -0.3 is 16.0 Å². The van der Waals surface area contributed by atoms with E-state index in [4.69, 9.17) is 5.73 Å². The average molecular weight is 275 g/mol. The largest absolute Gasteiger partial charge is 0.371 e. The van der Waals surface area contributed by atoms with Crippen molar-refractivity contribution in [3.05, 3.63) is 29.8 Å². The Hall–Kier alpha value is -1.55. The second-order valence-electron chi connectivity index (χ2n) is 5.45. The first-order valence-electron chi connectivity index (χ1n) is 7.56. The molecule has 0 radical (unpaired) electrons. The summed E-state index contributed by atoms with van der Waals surface area (Å²) in [6.45, 7) is 4.47. The SMILES string of the molecule is CCCN(CCC(=O)NC1CC1)c1ccc(CN)cc1. The second-order valence-corrected chi connectivity index (χ2v) is 5.45. The molecule has 1 amide bonds. The van der Waals surface area contributed by atoms with Gasteiger partial charge in [-0.25, -0.2) is 0 Å². The summed E-state index contributed by atoms with van der Waals surface area (Å²) in [5.74, 6) is 0.173. The van der Waals surface area contributed by atoms with Crippen molar-refractivity contribution in [3.63, 3.8) is 0 Å². The first kappa shape index (κ1) is 14.9. The summed E-state index contributed by atoms with van der Waals surface area (Å²) < 4.78 is 0. The Balaban J connectivity index is 1.88. The molecule has 0 atom stereocenters. The smallest absolute Gasteiger partial charge is 0.221 e. The number of carbonyl (C=O) groups is 1. The van der Waals surface area contributed by atoms with E-state index in [0.29, 0.717) is 19.0 Å². The number of hydrogen-bond acceptors (Lipinski definition) is 3. The predicted octanol–water partition coefficient (Wildman–Crippen LogP) is 2.03. The fraction of sp³-hybridized carbons (Fsp3) is 0.562. The molecule has 2 rings (SSSR count). The summed E-state index contributed by atoms with van der Waals surface area (Å²) in [5.41, 5.74) is 7.92. The molecule has 0 aliphatic heterocycles. The van der Waals surface area contributed by atoms with Crippen LogP contribution >= 0.6 is 0 Å². The maximum absolute atomic E-state index is 11.8. The maximum Gasteiger partial charge on any atom is 0.221 e. The van der Waals surface area contributed by atoms with Gasteiger partial charge in [0.1, 0.15) is 0 Å². The van der Waals surface area contributed by atoms with Crippen molar-refractivity contribution in [2.24, 2.45) is 5.73 Å². The van der Waals surface area contributed by atoms with Gasteiger partial charge in [-0.05, 0) is 37.0 Å². The minimum absolute atomic E-state index is 0.173. The highest BCUT2D eigenvalue weighted by Crippen LogP contribution is 2.19. The van der Waals surface area contributed by atoms with E-state index in [1.165, 1.54) is 5.69 Å². The van der Waals surface area contributed by atoms with Gasteiger partial charge in [-0.2, -0.15) is 0 Å². The monoisotopic (exact) mass is 275 g/mol. The van der Waals surface area contributed by atoms with E-state index in [2.05, 4.69) is 41.4 Å². The van der Waals surface area contributed by atoms with E-state index >= 15 is 0 Å². The van der Waals surface area contributed by atoms with E-state index in [9.17, 15) is 4.79 Å². The molecule has 0 aromatic heterocycles. The fourth-order valence-corrected chi connectivity index (χ4v) is 2.25. The summed E-state index contributed by atoms with van der Waals surface area (Å²) >= 11 is 0. The third-order valence-electron chi connectivity index (χ3n) is 3.58. The number of nitrogens with two attached hydrogens (primary N) is 1. The van der Waals surface area contributed by atoms with Gasteiger partial charge in [-0.3, -0.25) is 4.79 Å². The van der Waals surface area contributed by atoms with Gasteiger partial charge in [0, 0.05) is 37.8 Å². The second kappa shape index (κ2) is 7.29. The van der Waals surface area contributed by atoms with Gasteiger partial charge in [0.05, 0.1) is 0 Å². The quantitative estimate of drug-likeness (QED) is 0.763. The highest BCUT2D eigenvalue weighted by Gasteiger charge is 2.23. The van der Waals surface area contributed by atoms with Crippen LogP contribution in [0.25, 0.3) is 0 Å². The predicted molar refractivity (Wildman–Crippen MR) is 82.6 cm³/mol. The zero-order valence-electron chi connectivity index (χ0n) is 12.3. The van der Waals surface area contributed by atoms with Gasteiger partial charge in [-0.1, -0.05) is 19.1 Å². The van der Waals surface area contributed by atoms with E-state index in [1.54, 1.807) is 0 Å². The molecule has 1 fully saturated rings. The standard InChI is InChI=1S/C16H25N3O/c1-2-10-19(11-9-16(20)18-14-5-6-14)15-7-3-13(12-17)4-8-15/h3-4,7-8,14H,2,5-6,9-12,17H2,1H3,(H,18,20). The van der Waals surface area contributed by atoms with E-state index in [1.807, 2.05) is 0 Å².